The van der Waals surface area contributed by atoms with E-state index in [2.05, 4.69) is 0 Å². The monoisotopic (exact) mass is 268 g/mol. The first-order valence-corrected chi connectivity index (χ1v) is 5.78. The number of carbonyl (C=O) groups excluding carboxylic acids is 1. The van der Waals surface area contributed by atoms with Gasteiger partial charge in [0.05, 0.1) is 11.1 Å². The van der Waals surface area contributed by atoms with Gasteiger partial charge in [-0.2, -0.15) is 0 Å². The lowest BCUT2D eigenvalue weighted by molar-refractivity contribution is -0.132. The van der Waals surface area contributed by atoms with E-state index in [-0.39, 0.29) is 22.3 Å². The molecule has 0 aliphatic heterocycles. The first kappa shape index (κ1) is 12.1. The van der Waals surface area contributed by atoms with E-state index in [1.54, 1.807) is 24.3 Å². The SMILES string of the molecule is O=Cc1ccc2cccc3c2c1C(C(=O)O)=C3C(=O)O. The molecule has 0 atom stereocenters. The van der Waals surface area contributed by atoms with Gasteiger partial charge in [-0.05, 0) is 16.3 Å². The number of benzene rings is 2. The van der Waals surface area contributed by atoms with E-state index in [9.17, 15) is 24.6 Å². The van der Waals surface area contributed by atoms with Crippen molar-refractivity contribution in [1.82, 2.24) is 0 Å². The zero-order valence-electron chi connectivity index (χ0n) is 10.1. The summed E-state index contributed by atoms with van der Waals surface area (Å²) < 4.78 is 0. The zero-order chi connectivity index (χ0) is 14.4. The van der Waals surface area contributed by atoms with E-state index in [1.807, 2.05) is 0 Å². The molecule has 0 heterocycles. The molecule has 0 saturated heterocycles. The van der Waals surface area contributed by atoms with Crippen LogP contribution in [0.25, 0.3) is 21.9 Å². The fourth-order valence-corrected chi connectivity index (χ4v) is 2.67. The molecular weight excluding hydrogens is 260 g/mol. The van der Waals surface area contributed by atoms with Gasteiger partial charge < -0.3 is 10.2 Å². The predicted molar refractivity (Wildman–Crippen MR) is 71.4 cm³/mol. The molecule has 0 aromatic heterocycles. The molecule has 5 nitrogen and oxygen atoms in total. The predicted octanol–water partition coefficient (Wildman–Crippen LogP) is 2.05. The Morgan fingerprint density at radius 3 is 2.25 bits per heavy atom. The van der Waals surface area contributed by atoms with Gasteiger partial charge in [-0.3, -0.25) is 4.79 Å². The Balaban J connectivity index is 2.57. The summed E-state index contributed by atoms with van der Waals surface area (Å²) in [5.74, 6) is -2.67. The maximum Gasteiger partial charge on any atom is 0.337 e. The summed E-state index contributed by atoms with van der Waals surface area (Å²) in [6.07, 6.45) is 0.541. The Bertz CT molecular complexity index is 830. The van der Waals surface area contributed by atoms with Gasteiger partial charge in [0.25, 0.3) is 0 Å². The molecule has 0 bridgehead atoms. The second kappa shape index (κ2) is 4.03. The van der Waals surface area contributed by atoms with Gasteiger partial charge in [0.2, 0.25) is 0 Å². The van der Waals surface area contributed by atoms with Gasteiger partial charge in [0.15, 0.2) is 6.29 Å². The lowest BCUT2D eigenvalue weighted by Crippen LogP contribution is -2.06. The molecule has 98 valence electrons. The number of carboxylic acids is 2. The first-order chi connectivity index (χ1) is 9.56. The van der Waals surface area contributed by atoms with Gasteiger partial charge in [0, 0.05) is 11.1 Å². The number of aliphatic carboxylic acids is 2. The van der Waals surface area contributed by atoms with Gasteiger partial charge in [-0.15, -0.1) is 0 Å². The molecule has 3 rings (SSSR count). The van der Waals surface area contributed by atoms with Crippen molar-refractivity contribution in [2.24, 2.45) is 0 Å². The van der Waals surface area contributed by atoms with Crippen LogP contribution in [0.15, 0.2) is 30.3 Å². The van der Waals surface area contributed by atoms with E-state index in [4.69, 9.17) is 0 Å². The van der Waals surface area contributed by atoms with Gasteiger partial charge >= 0.3 is 11.9 Å². The third-order valence-corrected chi connectivity index (χ3v) is 3.40. The van der Waals surface area contributed by atoms with Crippen LogP contribution in [-0.4, -0.2) is 28.4 Å². The largest absolute Gasteiger partial charge is 0.478 e. The highest BCUT2D eigenvalue weighted by atomic mass is 16.4. The molecule has 1 aliphatic rings. The van der Waals surface area contributed by atoms with Crippen molar-refractivity contribution in [3.8, 4) is 0 Å². The summed E-state index contributed by atoms with van der Waals surface area (Å²) in [5, 5.41) is 19.9. The van der Waals surface area contributed by atoms with Crippen LogP contribution in [0.3, 0.4) is 0 Å². The highest BCUT2D eigenvalue weighted by Crippen LogP contribution is 2.43. The summed E-state index contributed by atoms with van der Waals surface area (Å²) in [6, 6.07) is 8.15. The van der Waals surface area contributed by atoms with Crippen molar-refractivity contribution in [2.75, 3.05) is 0 Å². The van der Waals surface area contributed by atoms with E-state index >= 15 is 0 Å². The van der Waals surface area contributed by atoms with Gasteiger partial charge in [0.1, 0.15) is 0 Å². The minimum Gasteiger partial charge on any atom is -0.478 e. The molecule has 20 heavy (non-hydrogen) atoms. The molecule has 1 aliphatic carbocycles. The van der Waals surface area contributed by atoms with Crippen LogP contribution in [-0.2, 0) is 9.59 Å². The Labute approximate surface area is 112 Å². The van der Waals surface area contributed by atoms with Crippen LogP contribution in [0.1, 0.15) is 21.5 Å². The highest BCUT2D eigenvalue weighted by Gasteiger charge is 2.33. The summed E-state index contributed by atoms with van der Waals surface area (Å²) in [4.78, 5) is 34.0. The van der Waals surface area contributed by atoms with Crippen LogP contribution in [0.5, 0.6) is 0 Å². The minimum absolute atomic E-state index is 0.179. The smallest absolute Gasteiger partial charge is 0.337 e. The standard InChI is InChI=1S/C15H8O5/c16-6-8-5-4-7-2-1-3-9-10(7)11(8)13(15(19)20)12(9)14(17)18/h1-6H,(H,17,18)(H,19,20). The van der Waals surface area contributed by atoms with Gasteiger partial charge in [-0.25, -0.2) is 9.59 Å². The fourth-order valence-electron chi connectivity index (χ4n) is 2.67. The van der Waals surface area contributed by atoms with Crippen molar-refractivity contribution >= 4 is 40.1 Å². The maximum absolute atomic E-state index is 11.5. The van der Waals surface area contributed by atoms with E-state index < -0.39 is 11.9 Å². The van der Waals surface area contributed by atoms with Crippen molar-refractivity contribution in [3.63, 3.8) is 0 Å². The number of carbonyl (C=O) groups is 3. The Morgan fingerprint density at radius 1 is 0.950 bits per heavy atom. The first-order valence-electron chi connectivity index (χ1n) is 5.78. The molecule has 0 amide bonds. The van der Waals surface area contributed by atoms with Crippen molar-refractivity contribution in [3.05, 3.63) is 47.0 Å². The molecular formula is C15H8O5. The fraction of sp³-hybridized carbons (Fsp3) is 0. The van der Waals surface area contributed by atoms with Crippen molar-refractivity contribution in [2.45, 2.75) is 0 Å². The third kappa shape index (κ3) is 1.40. The number of carboxylic acid groups (broad SMARTS) is 2. The molecule has 2 aromatic rings. The molecule has 0 saturated carbocycles. The summed E-state index contributed by atoms with van der Waals surface area (Å²) >= 11 is 0. The van der Waals surface area contributed by atoms with Crippen LogP contribution < -0.4 is 0 Å². The van der Waals surface area contributed by atoms with E-state index in [0.717, 1.165) is 0 Å². The zero-order valence-corrected chi connectivity index (χ0v) is 10.1. The van der Waals surface area contributed by atoms with Crippen LogP contribution in [0.4, 0.5) is 0 Å². The lowest BCUT2D eigenvalue weighted by Gasteiger charge is -2.05. The normalized spacial score (nSPS) is 12.8. The van der Waals surface area contributed by atoms with Gasteiger partial charge in [-0.1, -0.05) is 30.3 Å². The molecule has 0 radical (unpaired) electrons. The Morgan fingerprint density at radius 2 is 1.65 bits per heavy atom. The third-order valence-electron chi connectivity index (χ3n) is 3.40. The molecule has 2 N–H and O–H groups in total. The van der Waals surface area contributed by atoms with Crippen LogP contribution in [0, 0.1) is 0 Å². The quantitative estimate of drug-likeness (QED) is 0.831. The topological polar surface area (TPSA) is 91.7 Å². The lowest BCUT2D eigenvalue weighted by atomic mass is 9.97. The molecule has 2 aromatic carbocycles. The summed E-state index contributed by atoms with van der Waals surface area (Å²) in [5.41, 5.74) is 0.113. The molecule has 0 unspecified atom stereocenters. The second-order valence-electron chi connectivity index (χ2n) is 4.41. The Hall–Kier alpha value is -2.95. The Kier molecular flexibility index (Phi) is 2.44. The number of rotatable bonds is 3. The maximum atomic E-state index is 11.5. The van der Waals surface area contributed by atoms with Crippen molar-refractivity contribution < 1.29 is 24.6 Å². The van der Waals surface area contributed by atoms with Crippen LogP contribution in [0.2, 0.25) is 0 Å². The second-order valence-corrected chi connectivity index (χ2v) is 4.41. The average molecular weight is 268 g/mol. The van der Waals surface area contributed by atoms with E-state index in [1.165, 1.54) is 6.07 Å². The number of aldehydes is 1. The number of hydrogen-bond donors (Lipinski definition) is 2. The molecule has 5 heteroatoms. The van der Waals surface area contributed by atoms with E-state index in [0.29, 0.717) is 22.6 Å². The summed E-state index contributed by atoms with van der Waals surface area (Å²) in [6.45, 7) is 0. The molecule has 0 spiro atoms. The molecule has 0 fully saturated rings. The summed E-state index contributed by atoms with van der Waals surface area (Å²) in [7, 11) is 0. The average Bonchev–Trinajstić information content (AvgIpc) is 2.77. The van der Waals surface area contributed by atoms with Crippen LogP contribution >= 0.6 is 0 Å². The number of hydrogen-bond acceptors (Lipinski definition) is 3. The van der Waals surface area contributed by atoms with Crippen molar-refractivity contribution in [1.29, 1.82) is 0 Å². The minimum atomic E-state index is -1.35. The highest BCUT2D eigenvalue weighted by molar-refractivity contribution is 6.43.